The Morgan fingerprint density at radius 3 is 1.31 bits per heavy atom. The lowest BCUT2D eigenvalue weighted by molar-refractivity contribution is -0.161. The number of hydrogen-bond acceptors (Lipinski definition) is 9. The molecule has 0 aromatic heterocycles. The number of unbranched alkanes of at least 4 members (excludes halogenated alkanes) is 27. The third-order valence-corrected chi connectivity index (χ3v) is 10.9. The van der Waals surface area contributed by atoms with Crippen LogP contribution in [0, 0.1) is 0 Å². The zero-order chi connectivity index (χ0) is 40.5. The van der Waals surface area contributed by atoms with Crippen LogP contribution < -0.4 is 0 Å². The molecule has 0 amide bonds. The molecule has 0 aliphatic heterocycles. The Bertz CT molecular complexity index is 930. The van der Waals surface area contributed by atoms with E-state index in [0.29, 0.717) is 12.8 Å². The molecule has 0 radical (unpaired) electrons. The van der Waals surface area contributed by atoms with Gasteiger partial charge in [-0.15, -0.1) is 0 Å². The van der Waals surface area contributed by atoms with E-state index in [0.717, 1.165) is 44.9 Å². The standard InChI is InChI=1S/C44H85O10P/c1-3-5-7-9-11-13-15-17-19-20-22-24-26-28-30-32-34-36-44(48)54-42(40-53-55(49,50)52-38-41(46)37-45)39-51-43(47)35-33-31-29-27-25-23-21-18-16-14-12-10-8-6-4-2/h17,19,41-42,45-46H,3-16,18,20-40H2,1-2H3,(H,49,50)/b19-17-. The Kier molecular flexibility index (Phi) is 39.9. The molecule has 0 fully saturated rings. The molecule has 0 aliphatic rings. The summed E-state index contributed by atoms with van der Waals surface area (Å²) in [6.07, 6.45) is 38.8. The van der Waals surface area contributed by atoms with Crippen LogP contribution in [0.3, 0.4) is 0 Å². The third kappa shape index (κ3) is 40.7. The number of carbonyl (C=O) groups excluding carboxylic acids is 2. The lowest BCUT2D eigenvalue weighted by Gasteiger charge is -2.20. The van der Waals surface area contributed by atoms with Crippen LogP contribution in [-0.4, -0.2) is 65.7 Å². The van der Waals surface area contributed by atoms with Gasteiger partial charge in [-0.25, -0.2) is 4.57 Å². The molecule has 0 saturated heterocycles. The van der Waals surface area contributed by atoms with Crippen molar-refractivity contribution in [3.05, 3.63) is 12.2 Å². The van der Waals surface area contributed by atoms with E-state index in [1.807, 2.05) is 0 Å². The predicted octanol–water partition coefficient (Wildman–Crippen LogP) is 12.0. The molecule has 3 atom stereocenters. The number of ether oxygens (including phenoxy) is 2. The van der Waals surface area contributed by atoms with E-state index in [1.165, 1.54) is 135 Å². The first-order valence-electron chi connectivity index (χ1n) is 22.6. The van der Waals surface area contributed by atoms with Gasteiger partial charge in [-0.3, -0.25) is 18.6 Å². The van der Waals surface area contributed by atoms with E-state index in [-0.39, 0.29) is 19.4 Å². The second kappa shape index (κ2) is 40.9. The van der Waals surface area contributed by atoms with Crippen LogP contribution in [-0.2, 0) is 32.7 Å². The van der Waals surface area contributed by atoms with Crippen LogP contribution in [0.1, 0.15) is 219 Å². The summed E-state index contributed by atoms with van der Waals surface area (Å²) >= 11 is 0. The minimum Gasteiger partial charge on any atom is -0.462 e. The van der Waals surface area contributed by atoms with Crippen LogP contribution in [0.2, 0.25) is 0 Å². The summed E-state index contributed by atoms with van der Waals surface area (Å²) in [5.41, 5.74) is 0. The fourth-order valence-electron chi connectivity index (χ4n) is 6.40. The number of phosphoric acid groups is 1. The van der Waals surface area contributed by atoms with Crippen LogP contribution in [0.4, 0.5) is 0 Å². The summed E-state index contributed by atoms with van der Waals surface area (Å²) < 4.78 is 32.7. The smallest absolute Gasteiger partial charge is 0.462 e. The average molecular weight is 805 g/mol. The number of carbonyl (C=O) groups is 2. The van der Waals surface area contributed by atoms with Crippen molar-refractivity contribution >= 4 is 19.8 Å². The van der Waals surface area contributed by atoms with Crippen LogP contribution >= 0.6 is 7.82 Å². The van der Waals surface area contributed by atoms with Crippen molar-refractivity contribution in [2.45, 2.75) is 232 Å². The van der Waals surface area contributed by atoms with E-state index in [1.54, 1.807) is 0 Å². The summed E-state index contributed by atoms with van der Waals surface area (Å²) in [5, 5.41) is 18.3. The number of aliphatic hydroxyl groups is 2. The molecular formula is C44H85O10P. The lowest BCUT2D eigenvalue weighted by Crippen LogP contribution is -2.29. The second-order valence-electron chi connectivity index (χ2n) is 15.4. The number of phosphoric ester groups is 1. The van der Waals surface area contributed by atoms with Gasteiger partial charge in [0.15, 0.2) is 6.10 Å². The molecule has 0 heterocycles. The molecule has 0 aliphatic carbocycles. The Hall–Kier alpha value is -1.29. The number of aliphatic hydroxyl groups excluding tert-OH is 2. The van der Waals surface area contributed by atoms with Crippen LogP contribution in [0.15, 0.2) is 12.2 Å². The molecule has 0 rings (SSSR count). The molecule has 0 bridgehead atoms. The van der Waals surface area contributed by atoms with Gasteiger partial charge in [-0.1, -0.05) is 180 Å². The molecule has 0 spiro atoms. The fraction of sp³-hybridized carbons (Fsp3) is 0.909. The maximum atomic E-state index is 12.6. The summed E-state index contributed by atoms with van der Waals surface area (Å²) in [7, 11) is -4.61. The van der Waals surface area contributed by atoms with Crippen molar-refractivity contribution in [3.8, 4) is 0 Å². The van der Waals surface area contributed by atoms with Gasteiger partial charge in [0.25, 0.3) is 0 Å². The van der Waals surface area contributed by atoms with Crippen LogP contribution in [0.5, 0.6) is 0 Å². The van der Waals surface area contributed by atoms with Crippen LogP contribution in [0.25, 0.3) is 0 Å². The average Bonchev–Trinajstić information content (AvgIpc) is 3.17. The van der Waals surface area contributed by atoms with Gasteiger partial charge in [-0.2, -0.15) is 0 Å². The molecular weight excluding hydrogens is 719 g/mol. The monoisotopic (exact) mass is 805 g/mol. The van der Waals surface area contributed by atoms with E-state index in [9.17, 15) is 24.2 Å². The molecule has 11 heteroatoms. The molecule has 0 saturated carbocycles. The van der Waals surface area contributed by atoms with Crippen molar-refractivity contribution in [1.82, 2.24) is 0 Å². The number of allylic oxidation sites excluding steroid dienone is 2. The lowest BCUT2D eigenvalue weighted by atomic mass is 10.0. The first-order valence-corrected chi connectivity index (χ1v) is 24.1. The summed E-state index contributed by atoms with van der Waals surface area (Å²) in [6, 6.07) is 0. The zero-order valence-corrected chi connectivity index (χ0v) is 36.3. The number of esters is 2. The SMILES string of the molecule is CCCCCCCC/C=C\CCCCCCCCCC(=O)OC(COC(=O)CCCCCCCCCCCCCCCCC)COP(=O)(O)OCC(O)CO. The van der Waals surface area contributed by atoms with Gasteiger partial charge in [-0.05, 0) is 38.5 Å². The second-order valence-corrected chi connectivity index (χ2v) is 16.9. The highest BCUT2D eigenvalue weighted by atomic mass is 31.2. The third-order valence-electron chi connectivity index (χ3n) is 9.92. The quantitative estimate of drug-likeness (QED) is 0.0235. The zero-order valence-electron chi connectivity index (χ0n) is 35.4. The summed E-state index contributed by atoms with van der Waals surface area (Å²) in [5.74, 6) is -0.918. The Morgan fingerprint density at radius 1 is 0.527 bits per heavy atom. The van der Waals surface area contributed by atoms with E-state index >= 15 is 0 Å². The number of hydrogen-bond donors (Lipinski definition) is 3. The van der Waals surface area contributed by atoms with Crippen molar-refractivity contribution in [2.75, 3.05) is 26.4 Å². The Balaban J connectivity index is 4.25. The van der Waals surface area contributed by atoms with Gasteiger partial charge in [0.05, 0.1) is 19.8 Å². The summed E-state index contributed by atoms with van der Waals surface area (Å²) in [4.78, 5) is 35.0. The summed E-state index contributed by atoms with van der Waals surface area (Å²) in [6.45, 7) is 2.40. The molecule has 0 aromatic carbocycles. The normalized spacial score (nSPS) is 13.9. The maximum Gasteiger partial charge on any atom is 0.472 e. The fourth-order valence-corrected chi connectivity index (χ4v) is 7.19. The highest BCUT2D eigenvalue weighted by Gasteiger charge is 2.27. The highest BCUT2D eigenvalue weighted by molar-refractivity contribution is 7.47. The Labute approximate surface area is 336 Å². The van der Waals surface area contributed by atoms with E-state index < -0.39 is 51.8 Å². The molecule has 10 nitrogen and oxygen atoms in total. The van der Waals surface area contributed by atoms with Crippen molar-refractivity contribution in [1.29, 1.82) is 0 Å². The predicted molar refractivity (Wildman–Crippen MR) is 224 cm³/mol. The molecule has 3 unspecified atom stereocenters. The highest BCUT2D eigenvalue weighted by Crippen LogP contribution is 2.43. The Morgan fingerprint density at radius 2 is 0.891 bits per heavy atom. The molecule has 0 aromatic rings. The van der Waals surface area contributed by atoms with E-state index in [4.69, 9.17) is 23.6 Å². The van der Waals surface area contributed by atoms with Gasteiger partial charge >= 0.3 is 19.8 Å². The topological polar surface area (TPSA) is 149 Å². The minimum atomic E-state index is -4.61. The molecule has 55 heavy (non-hydrogen) atoms. The van der Waals surface area contributed by atoms with Crippen molar-refractivity contribution < 1.29 is 47.8 Å². The molecule has 3 N–H and O–H groups in total. The molecule has 326 valence electrons. The first kappa shape index (κ1) is 53.7. The van der Waals surface area contributed by atoms with E-state index in [2.05, 4.69) is 26.0 Å². The maximum absolute atomic E-state index is 12.6. The largest absolute Gasteiger partial charge is 0.472 e. The van der Waals surface area contributed by atoms with Gasteiger partial charge in [0.1, 0.15) is 12.7 Å². The first-order chi connectivity index (χ1) is 26.7. The van der Waals surface area contributed by atoms with Gasteiger partial charge in [0, 0.05) is 12.8 Å². The number of rotatable bonds is 43. The minimum absolute atomic E-state index is 0.183. The van der Waals surface area contributed by atoms with Gasteiger partial charge < -0.3 is 24.6 Å². The van der Waals surface area contributed by atoms with Gasteiger partial charge in [0.2, 0.25) is 0 Å². The van der Waals surface area contributed by atoms with Crippen molar-refractivity contribution in [3.63, 3.8) is 0 Å². The van der Waals surface area contributed by atoms with Crippen molar-refractivity contribution in [2.24, 2.45) is 0 Å².